The second-order valence-electron chi connectivity index (χ2n) is 4.07. The summed E-state index contributed by atoms with van der Waals surface area (Å²) in [4.78, 5) is 11.6. The molecular weight excluding hydrogens is 290 g/mol. The zero-order chi connectivity index (χ0) is 13.9. The monoisotopic (exact) mass is 301 g/mol. The number of ether oxygens (including phenoxy) is 1. The van der Waals surface area contributed by atoms with Gasteiger partial charge in [0.05, 0.1) is 11.8 Å². The van der Waals surface area contributed by atoms with Crippen molar-refractivity contribution in [3.05, 3.63) is 40.8 Å². The Morgan fingerprint density at radius 1 is 1.37 bits per heavy atom. The van der Waals surface area contributed by atoms with Gasteiger partial charge in [0.2, 0.25) is 0 Å². The molecule has 19 heavy (non-hydrogen) atoms. The summed E-state index contributed by atoms with van der Waals surface area (Å²) in [5, 5.41) is 4.25. The molecule has 0 saturated carbocycles. The van der Waals surface area contributed by atoms with Crippen LogP contribution < -0.4 is 10.1 Å². The first-order valence-corrected chi connectivity index (χ1v) is 7.63. The van der Waals surface area contributed by atoms with E-state index in [2.05, 4.69) is 5.32 Å². The molecule has 0 aromatic heterocycles. The maximum absolute atomic E-state index is 11.6. The summed E-state index contributed by atoms with van der Waals surface area (Å²) in [5.41, 5.74) is 0. The van der Waals surface area contributed by atoms with E-state index in [4.69, 9.17) is 16.3 Å². The van der Waals surface area contributed by atoms with Gasteiger partial charge in [0.25, 0.3) is 5.91 Å². The van der Waals surface area contributed by atoms with Crippen LogP contribution in [0.25, 0.3) is 0 Å². The Morgan fingerprint density at radius 3 is 2.63 bits per heavy atom. The minimum atomic E-state index is -3.16. The summed E-state index contributed by atoms with van der Waals surface area (Å²) >= 11 is 5.72. The highest BCUT2D eigenvalue weighted by atomic mass is 35.5. The molecule has 2 rings (SSSR count). The van der Waals surface area contributed by atoms with E-state index in [1.165, 1.54) is 6.08 Å². The minimum absolute atomic E-state index is 0.0975. The standard InChI is InChI=1S/C12H12ClNO4S/c13-9-1-3-11(4-2-9)18-7-12(15)14-10-5-6-19(16,17)8-10/h1-6,10H,7-8H2,(H,14,15). The van der Waals surface area contributed by atoms with Crippen molar-refractivity contribution in [2.75, 3.05) is 12.4 Å². The van der Waals surface area contributed by atoms with E-state index in [1.807, 2.05) is 0 Å². The van der Waals surface area contributed by atoms with Crippen molar-refractivity contribution in [2.24, 2.45) is 0 Å². The SMILES string of the molecule is O=C(COc1ccc(Cl)cc1)NC1C=CS(=O)(=O)C1. The molecule has 0 saturated heterocycles. The molecule has 1 N–H and O–H groups in total. The van der Waals surface area contributed by atoms with Crippen LogP contribution in [0.1, 0.15) is 0 Å². The molecule has 1 heterocycles. The van der Waals surface area contributed by atoms with Crippen molar-refractivity contribution in [2.45, 2.75) is 6.04 Å². The minimum Gasteiger partial charge on any atom is -0.484 e. The highest BCUT2D eigenvalue weighted by Crippen LogP contribution is 2.15. The molecule has 0 radical (unpaired) electrons. The maximum atomic E-state index is 11.6. The molecule has 1 atom stereocenters. The van der Waals surface area contributed by atoms with Gasteiger partial charge in [-0.3, -0.25) is 4.79 Å². The quantitative estimate of drug-likeness (QED) is 0.905. The Labute approximate surface area is 116 Å². The lowest BCUT2D eigenvalue weighted by Gasteiger charge is -2.10. The fourth-order valence-electron chi connectivity index (χ4n) is 1.59. The van der Waals surface area contributed by atoms with Crippen LogP contribution in [0.2, 0.25) is 5.02 Å². The summed E-state index contributed by atoms with van der Waals surface area (Å²) in [6.07, 6.45) is 1.45. The summed E-state index contributed by atoms with van der Waals surface area (Å²) in [6.45, 7) is -0.175. The molecular formula is C12H12ClNO4S. The number of benzene rings is 1. The average Bonchev–Trinajstić information content (AvgIpc) is 2.68. The number of rotatable bonds is 4. The van der Waals surface area contributed by atoms with Gasteiger partial charge < -0.3 is 10.1 Å². The highest BCUT2D eigenvalue weighted by Gasteiger charge is 2.22. The molecule has 0 aliphatic carbocycles. The van der Waals surface area contributed by atoms with Crippen molar-refractivity contribution in [1.82, 2.24) is 5.32 Å². The molecule has 1 aromatic carbocycles. The molecule has 0 bridgehead atoms. The molecule has 1 amide bonds. The lowest BCUT2D eigenvalue weighted by molar-refractivity contribution is -0.123. The number of carbonyl (C=O) groups excluding carboxylic acids is 1. The topological polar surface area (TPSA) is 72.5 Å². The number of nitrogens with one attached hydrogen (secondary N) is 1. The Balaban J connectivity index is 1.79. The third-order valence-corrected chi connectivity index (χ3v) is 4.11. The highest BCUT2D eigenvalue weighted by molar-refractivity contribution is 7.94. The average molecular weight is 302 g/mol. The third-order valence-electron chi connectivity index (χ3n) is 2.46. The van der Waals surface area contributed by atoms with Gasteiger partial charge in [0.15, 0.2) is 16.4 Å². The zero-order valence-corrected chi connectivity index (χ0v) is 11.4. The molecule has 1 aliphatic rings. The van der Waals surface area contributed by atoms with E-state index >= 15 is 0 Å². The maximum Gasteiger partial charge on any atom is 0.258 e. The predicted octanol–water partition coefficient (Wildman–Crippen LogP) is 1.15. The van der Waals surface area contributed by atoms with E-state index in [-0.39, 0.29) is 18.3 Å². The number of carbonyl (C=O) groups is 1. The van der Waals surface area contributed by atoms with Crippen molar-refractivity contribution < 1.29 is 17.9 Å². The molecule has 0 spiro atoms. The first-order valence-electron chi connectivity index (χ1n) is 5.53. The first kappa shape index (κ1) is 13.9. The van der Waals surface area contributed by atoms with Crippen LogP contribution >= 0.6 is 11.6 Å². The van der Waals surface area contributed by atoms with E-state index in [0.29, 0.717) is 10.8 Å². The van der Waals surface area contributed by atoms with Gasteiger partial charge in [-0.1, -0.05) is 11.6 Å². The normalized spacial score (nSPS) is 20.2. The van der Waals surface area contributed by atoms with Crippen LogP contribution in [0.15, 0.2) is 35.7 Å². The lowest BCUT2D eigenvalue weighted by Crippen LogP contribution is -2.38. The second-order valence-corrected chi connectivity index (χ2v) is 6.44. The summed E-state index contributed by atoms with van der Waals surface area (Å²) in [7, 11) is -3.16. The second kappa shape index (κ2) is 5.63. The number of hydrogen-bond donors (Lipinski definition) is 1. The summed E-state index contributed by atoms with van der Waals surface area (Å²) in [5.74, 6) is 0.0514. The van der Waals surface area contributed by atoms with Crippen LogP contribution in [-0.4, -0.2) is 32.7 Å². The van der Waals surface area contributed by atoms with Crippen LogP contribution in [0.3, 0.4) is 0 Å². The Bertz CT molecular complexity index is 595. The van der Waals surface area contributed by atoms with E-state index in [9.17, 15) is 13.2 Å². The molecule has 1 aliphatic heterocycles. The Morgan fingerprint density at radius 2 is 2.05 bits per heavy atom. The number of hydrogen-bond acceptors (Lipinski definition) is 4. The lowest BCUT2D eigenvalue weighted by atomic mass is 10.3. The number of amides is 1. The van der Waals surface area contributed by atoms with Gasteiger partial charge >= 0.3 is 0 Å². The fourth-order valence-corrected chi connectivity index (χ4v) is 2.96. The Hall–Kier alpha value is -1.53. The van der Waals surface area contributed by atoms with Crippen LogP contribution in [0.5, 0.6) is 5.75 Å². The largest absolute Gasteiger partial charge is 0.484 e. The van der Waals surface area contributed by atoms with Crippen molar-refractivity contribution in [3.63, 3.8) is 0 Å². The molecule has 102 valence electrons. The zero-order valence-electron chi connectivity index (χ0n) is 9.87. The summed E-state index contributed by atoms with van der Waals surface area (Å²) in [6, 6.07) is 6.12. The molecule has 7 heteroatoms. The van der Waals surface area contributed by atoms with Gasteiger partial charge in [0, 0.05) is 10.4 Å². The summed E-state index contributed by atoms with van der Waals surface area (Å²) < 4.78 is 27.5. The van der Waals surface area contributed by atoms with Crippen molar-refractivity contribution in [3.8, 4) is 5.75 Å². The van der Waals surface area contributed by atoms with Crippen molar-refractivity contribution >= 4 is 27.3 Å². The van der Waals surface area contributed by atoms with Gasteiger partial charge in [-0.25, -0.2) is 8.42 Å². The van der Waals surface area contributed by atoms with Gasteiger partial charge in [-0.15, -0.1) is 0 Å². The van der Waals surface area contributed by atoms with Crippen LogP contribution in [0.4, 0.5) is 0 Å². The van der Waals surface area contributed by atoms with E-state index in [1.54, 1.807) is 24.3 Å². The van der Waals surface area contributed by atoms with Gasteiger partial charge in [0.1, 0.15) is 5.75 Å². The van der Waals surface area contributed by atoms with E-state index in [0.717, 1.165) is 5.41 Å². The smallest absolute Gasteiger partial charge is 0.258 e. The number of sulfone groups is 1. The van der Waals surface area contributed by atoms with Gasteiger partial charge in [-0.2, -0.15) is 0 Å². The molecule has 5 nitrogen and oxygen atoms in total. The predicted molar refractivity (Wildman–Crippen MR) is 71.8 cm³/mol. The molecule has 0 fully saturated rings. The van der Waals surface area contributed by atoms with Crippen molar-refractivity contribution in [1.29, 1.82) is 0 Å². The van der Waals surface area contributed by atoms with Gasteiger partial charge in [-0.05, 0) is 30.3 Å². The first-order chi connectivity index (χ1) is 8.94. The molecule has 1 aromatic rings. The third kappa shape index (κ3) is 4.25. The van der Waals surface area contributed by atoms with E-state index < -0.39 is 15.9 Å². The Kier molecular flexibility index (Phi) is 4.11. The fraction of sp³-hybridized carbons (Fsp3) is 0.250. The molecule has 1 unspecified atom stereocenters. The van der Waals surface area contributed by atoms with Crippen LogP contribution in [-0.2, 0) is 14.6 Å². The van der Waals surface area contributed by atoms with Crippen LogP contribution in [0, 0.1) is 0 Å². The number of halogens is 1.